The molecule has 21 rings (SSSR count). The minimum absolute atomic E-state index is 0.491. The number of benzene rings is 5. The third kappa shape index (κ3) is 23.5. The van der Waals surface area contributed by atoms with Crippen LogP contribution in [0.1, 0.15) is 260 Å². The van der Waals surface area contributed by atoms with Crippen LogP contribution in [0, 0.1) is 11.8 Å². The molecule has 16 aliphatic rings. The second-order valence-corrected chi connectivity index (χ2v) is 34.4. The predicted molar refractivity (Wildman–Crippen MR) is 474 cm³/mol. The van der Waals surface area contributed by atoms with Crippen LogP contribution in [-0.4, -0.2) is 117 Å². The van der Waals surface area contributed by atoms with E-state index in [0.717, 1.165) is 109 Å². The Bertz CT molecular complexity index is 4240. The van der Waals surface area contributed by atoms with E-state index in [-0.39, 0.29) is 0 Å². The molecule has 2 saturated carbocycles. The van der Waals surface area contributed by atoms with Crippen LogP contribution in [0.2, 0.25) is 0 Å². The molecule has 0 saturated heterocycles. The number of aliphatic imine (C=N–C) groups is 7. The first-order valence-corrected chi connectivity index (χ1v) is 45.1. The van der Waals surface area contributed by atoms with Gasteiger partial charge in [0.25, 0.3) is 0 Å². The monoisotopic (exact) mass is 1520 g/mol. The van der Waals surface area contributed by atoms with E-state index in [4.69, 9.17) is 0 Å². The fourth-order valence-corrected chi connectivity index (χ4v) is 20.1. The standard InChI is InChI=1S/3C15H20N2.2C14H18N2.2C13H18N2/c1-3-8-13-12(6-1)7-2-4-9-14(13)17-15-10-5-11-16-15;1-2-6-13-11-14(8-3-7-12(13)5-1)17-15-9-4-10-16-15;1-2-5-13-8-10-14(9-7-12(13)4-1)17-15-6-3-11-16-15;1-2-7-12-11(5-1)6-3-8-13(12)16-14-9-4-10-15-14;1-2-5-12-10-13(8-7-11(12)4-1)16-14-6-3-9-15-14;1-2-5-11-10(4-1)7-8-12(11)15-13-6-3-9-14-13;1-2-5-11-9-12(8-10(11)4-1)15-13-6-3-7-14-13/h1,3,6,8,14H,2,4-5,7,9-11H2,(H,16,17);1-2,5-6,14H,3-4,7-11H2,(H,16,17);1-2,4-5,14H,3,6-11H2,(H,16,17);1-2,5,7,13H,3-4,6,8-10H2,(H,15,16);1-2,4-5,13H,3,6-10H2,(H,15,16);2*1-2,4,11-12H,3,5-9H2,(H,14,15). The van der Waals surface area contributed by atoms with Crippen LogP contribution < -0.4 is 37.2 Å². The molecule has 0 bridgehead atoms. The lowest BCUT2D eigenvalue weighted by Crippen LogP contribution is -2.38. The lowest BCUT2D eigenvalue weighted by atomic mass is 9.87. The van der Waals surface area contributed by atoms with E-state index in [1.807, 2.05) is 0 Å². The summed E-state index contributed by atoms with van der Waals surface area (Å²) in [5.74, 6) is 10.3. The normalized spacial score (nSPS) is 25.9. The number of rotatable bonds is 7. The van der Waals surface area contributed by atoms with Gasteiger partial charge in [0.05, 0.1) is 52.9 Å². The number of aryl methyl sites for hydroxylation is 6. The first kappa shape index (κ1) is 79.6. The van der Waals surface area contributed by atoms with E-state index >= 15 is 0 Å². The van der Waals surface area contributed by atoms with Gasteiger partial charge in [0, 0.05) is 127 Å². The van der Waals surface area contributed by atoms with Crippen LogP contribution in [-0.2, 0) is 51.4 Å². The zero-order valence-electron chi connectivity index (χ0n) is 68.2. The minimum Gasteiger partial charge on any atom is -0.371 e. The molecule has 0 radical (unpaired) electrons. The Morgan fingerprint density at radius 3 is 1.12 bits per heavy atom. The highest BCUT2D eigenvalue weighted by Gasteiger charge is 2.34. The Labute approximate surface area is 677 Å². The summed E-state index contributed by atoms with van der Waals surface area (Å²) in [5.41, 5.74) is 18.6. The van der Waals surface area contributed by atoms with Crippen molar-refractivity contribution in [2.24, 2.45) is 46.8 Å². The maximum atomic E-state index is 4.54. The molecule has 113 heavy (non-hydrogen) atoms. The Hall–Kier alpha value is -8.65. The van der Waals surface area contributed by atoms with Crippen molar-refractivity contribution in [1.29, 1.82) is 0 Å². The zero-order valence-corrected chi connectivity index (χ0v) is 68.2. The number of nitrogens with one attached hydrogen (secondary N) is 7. The number of amidine groups is 7. The van der Waals surface area contributed by atoms with Gasteiger partial charge in [-0.15, -0.1) is 0 Å². The van der Waals surface area contributed by atoms with E-state index in [0.29, 0.717) is 42.3 Å². The lowest BCUT2D eigenvalue weighted by molar-refractivity contribution is 0.489. The first-order valence-electron chi connectivity index (χ1n) is 45.1. The molecule has 14 nitrogen and oxygen atoms in total. The third-order valence-corrected chi connectivity index (χ3v) is 26.2. The summed E-state index contributed by atoms with van der Waals surface area (Å²) in [6.07, 6.45) is 60.3. The Morgan fingerprint density at radius 1 is 0.257 bits per heavy atom. The Morgan fingerprint density at radius 2 is 0.628 bits per heavy atom. The number of hydrogen-bond acceptors (Lipinski definition) is 14. The number of hydrogen-bond donors (Lipinski definition) is 7. The average Bonchev–Trinajstić information content (AvgIpc) is 1.65. The van der Waals surface area contributed by atoms with Gasteiger partial charge in [-0.05, 0) is 254 Å². The Balaban J connectivity index is 0.000000104. The molecule has 5 aromatic carbocycles. The number of nitrogens with zero attached hydrogens (tertiary/aromatic N) is 7. The average molecular weight is 1520 g/mol. The smallest absolute Gasteiger partial charge is 0.0968 e. The van der Waals surface area contributed by atoms with E-state index in [1.54, 1.807) is 27.8 Å². The topological polar surface area (TPSA) is 171 Å². The molecule has 598 valence electrons. The van der Waals surface area contributed by atoms with Crippen molar-refractivity contribution >= 4 is 40.8 Å². The Kier molecular flexibility index (Phi) is 29.7. The molecule has 8 unspecified atom stereocenters. The summed E-state index contributed by atoms with van der Waals surface area (Å²) >= 11 is 0. The van der Waals surface area contributed by atoms with Crippen LogP contribution in [0.15, 0.2) is 204 Å². The minimum atomic E-state index is 0.491. The summed E-state index contributed by atoms with van der Waals surface area (Å²) in [4.78, 5) is 31.6. The van der Waals surface area contributed by atoms with Gasteiger partial charge in [-0.2, -0.15) is 0 Å². The van der Waals surface area contributed by atoms with Crippen molar-refractivity contribution in [2.45, 2.75) is 286 Å². The zero-order chi connectivity index (χ0) is 76.3. The molecular formula is C99H132N14. The van der Waals surface area contributed by atoms with Gasteiger partial charge >= 0.3 is 0 Å². The van der Waals surface area contributed by atoms with Gasteiger partial charge < -0.3 is 37.2 Å². The van der Waals surface area contributed by atoms with E-state index < -0.39 is 0 Å². The van der Waals surface area contributed by atoms with Gasteiger partial charge in [-0.1, -0.05) is 175 Å². The maximum Gasteiger partial charge on any atom is 0.0968 e. The van der Waals surface area contributed by atoms with Crippen molar-refractivity contribution in [3.8, 4) is 0 Å². The molecule has 5 aromatic rings. The highest BCUT2D eigenvalue weighted by atomic mass is 15.1. The molecule has 14 heteroatoms. The summed E-state index contributed by atoms with van der Waals surface area (Å²) < 4.78 is 0. The SMILES string of the molecule is C1=CCC2C(=C1)CCC2NC1=NCCC1.C1=CCC2CC(NC3=NCCC3)CC2=C1.c1ccc2c(c1)CCC(NC1=NCCC1)C2.c1ccc2c(c1)CCC(NC1=NCCC1)CC2.c1ccc2c(c1)CCCC(NC1=NCCC1)C2.c1ccc2c(c1)CCCC2NC1=NCCC1.c1ccc2c(c1)CCCCC2NC1=NCCC1. The summed E-state index contributed by atoms with van der Waals surface area (Å²) in [7, 11) is 0. The van der Waals surface area contributed by atoms with Crippen LogP contribution in [0.25, 0.3) is 0 Å². The molecule has 0 amide bonds. The fraction of sp³-hybridized carbons (Fsp3) is 0.545. The lowest BCUT2D eigenvalue weighted by Gasteiger charge is -2.27. The number of fused-ring (bicyclic) bond motifs is 7. The van der Waals surface area contributed by atoms with Crippen LogP contribution in [0.3, 0.4) is 0 Å². The molecule has 7 N–H and O–H groups in total. The first-order chi connectivity index (χ1) is 56.0. The number of allylic oxidation sites excluding steroid dienone is 6. The molecule has 7 aliphatic heterocycles. The van der Waals surface area contributed by atoms with E-state index in [9.17, 15) is 0 Å². The van der Waals surface area contributed by atoms with Crippen molar-refractivity contribution in [2.75, 3.05) is 45.8 Å². The highest BCUT2D eigenvalue weighted by Crippen LogP contribution is 2.39. The summed E-state index contributed by atoms with van der Waals surface area (Å²) in [6.45, 7) is 7.14. The van der Waals surface area contributed by atoms with Gasteiger partial charge in [-0.25, -0.2) is 0 Å². The van der Waals surface area contributed by atoms with Gasteiger partial charge in [0.15, 0.2) is 0 Å². The predicted octanol–water partition coefficient (Wildman–Crippen LogP) is 18.7. The molecule has 2 fully saturated rings. The van der Waals surface area contributed by atoms with Crippen molar-refractivity contribution in [1.82, 2.24) is 37.2 Å². The maximum absolute atomic E-state index is 4.54. The van der Waals surface area contributed by atoms with Gasteiger partial charge in [-0.3, -0.25) is 34.9 Å². The highest BCUT2D eigenvalue weighted by molar-refractivity contribution is 5.87. The molecular weight excluding hydrogens is 1390 g/mol. The van der Waals surface area contributed by atoms with Crippen LogP contribution in [0.5, 0.6) is 0 Å². The molecule has 9 aliphatic carbocycles. The third-order valence-electron chi connectivity index (χ3n) is 26.2. The van der Waals surface area contributed by atoms with Crippen molar-refractivity contribution < 1.29 is 0 Å². The summed E-state index contributed by atoms with van der Waals surface area (Å²) in [6, 6.07) is 48.4. The molecule has 8 atom stereocenters. The van der Waals surface area contributed by atoms with Crippen molar-refractivity contribution in [3.05, 3.63) is 225 Å². The quantitative estimate of drug-likeness (QED) is 0.0795. The second-order valence-electron chi connectivity index (χ2n) is 34.4. The fourth-order valence-electron chi connectivity index (χ4n) is 20.1. The second kappa shape index (κ2) is 42.1. The van der Waals surface area contributed by atoms with Crippen molar-refractivity contribution in [3.63, 3.8) is 0 Å². The van der Waals surface area contributed by atoms with Crippen LogP contribution in [0.4, 0.5) is 0 Å². The van der Waals surface area contributed by atoms with Crippen LogP contribution >= 0.6 is 0 Å². The molecule has 7 heterocycles. The summed E-state index contributed by atoms with van der Waals surface area (Å²) in [5, 5.41) is 25.5. The van der Waals surface area contributed by atoms with E-state index in [1.165, 1.54) is 272 Å². The largest absolute Gasteiger partial charge is 0.371 e. The molecule has 0 aromatic heterocycles. The van der Waals surface area contributed by atoms with E-state index in [2.05, 4.69) is 230 Å². The molecule has 0 spiro atoms. The van der Waals surface area contributed by atoms with Gasteiger partial charge in [0.2, 0.25) is 0 Å². The van der Waals surface area contributed by atoms with Gasteiger partial charge in [0.1, 0.15) is 0 Å².